The zero-order valence-electron chi connectivity index (χ0n) is 10.3. The standard InChI is InChI=1S/C14H18N4/c15-12-3-4-13-11(10-12)2-5-14(13)16-7-9-18-8-1-6-17-18/h1,3-4,6,8,10,14,16H,2,5,7,9,15H2. The van der Waals surface area contributed by atoms with Crippen molar-refractivity contribution in [2.45, 2.75) is 25.4 Å². The Balaban J connectivity index is 1.59. The molecule has 18 heavy (non-hydrogen) atoms. The second-order valence-electron chi connectivity index (χ2n) is 4.77. The Morgan fingerprint density at radius 2 is 2.39 bits per heavy atom. The molecule has 2 aromatic rings. The molecule has 3 rings (SSSR count). The molecule has 0 bridgehead atoms. The number of fused-ring (bicyclic) bond motifs is 1. The molecule has 94 valence electrons. The van der Waals surface area contributed by atoms with Gasteiger partial charge in [-0.25, -0.2) is 0 Å². The van der Waals surface area contributed by atoms with E-state index >= 15 is 0 Å². The van der Waals surface area contributed by atoms with Crippen molar-refractivity contribution in [3.05, 3.63) is 47.8 Å². The Labute approximate surface area is 107 Å². The number of nitrogens with two attached hydrogens (primary N) is 1. The van der Waals surface area contributed by atoms with Crippen LogP contribution in [0, 0.1) is 0 Å². The van der Waals surface area contributed by atoms with Crippen LogP contribution in [0.4, 0.5) is 5.69 Å². The Bertz CT molecular complexity index is 519. The van der Waals surface area contributed by atoms with E-state index in [1.54, 1.807) is 0 Å². The minimum atomic E-state index is 0.469. The van der Waals surface area contributed by atoms with E-state index in [0.29, 0.717) is 6.04 Å². The number of benzene rings is 1. The quantitative estimate of drug-likeness (QED) is 0.803. The van der Waals surface area contributed by atoms with Crippen LogP contribution in [0.15, 0.2) is 36.7 Å². The summed E-state index contributed by atoms with van der Waals surface area (Å²) in [7, 11) is 0. The van der Waals surface area contributed by atoms with Gasteiger partial charge in [0.25, 0.3) is 0 Å². The number of rotatable bonds is 4. The first-order valence-corrected chi connectivity index (χ1v) is 6.42. The normalized spacial score (nSPS) is 17.9. The van der Waals surface area contributed by atoms with Crippen molar-refractivity contribution in [1.82, 2.24) is 15.1 Å². The number of hydrogen-bond donors (Lipinski definition) is 2. The molecule has 0 fully saturated rings. The average Bonchev–Trinajstić information content (AvgIpc) is 2.99. The predicted octanol–water partition coefficient (Wildman–Crippen LogP) is 1.74. The molecule has 0 amide bonds. The Hall–Kier alpha value is -1.81. The maximum atomic E-state index is 5.81. The van der Waals surface area contributed by atoms with Gasteiger partial charge in [-0.1, -0.05) is 6.07 Å². The van der Waals surface area contributed by atoms with Gasteiger partial charge in [0.15, 0.2) is 0 Å². The van der Waals surface area contributed by atoms with Gasteiger partial charge in [-0.05, 0) is 42.2 Å². The molecule has 0 spiro atoms. The van der Waals surface area contributed by atoms with Crippen molar-refractivity contribution in [3.8, 4) is 0 Å². The summed E-state index contributed by atoms with van der Waals surface area (Å²) >= 11 is 0. The Kier molecular flexibility index (Phi) is 3.02. The van der Waals surface area contributed by atoms with Crippen LogP contribution in [0.25, 0.3) is 0 Å². The SMILES string of the molecule is Nc1ccc2c(c1)CCC2NCCn1cccn1. The van der Waals surface area contributed by atoms with Crippen LogP contribution < -0.4 is 11.1 Å². The lowest BCUT2D eigenvalue weighted by Gasteiger charge is -2.14. The molecule has 4 heteroatoms. The van der Waals surface area contributed by atoms with Crippen LogP contribution in [-0.2, 0) is 13.0 Å². The molecular weight excluding hydrogens is 224 g/mol. The number of hydrogen-bond acceptors (Lipinski definition) is 3. The second kappa shape index (κ2) is 4.82. The lowest BCUT2D eigenvalue weighted by atomic mass is 10.1. The monoisotopic (exact) mass is 242 g/mol. The molecule has 1 atom stereocenters. The lowest BCUT2D eigenvalue weighted by Crippen LogP contribution is -2.24. The summed E-state index contributed by atoms with van der Waals surface area (Å²) in [5.74, 6) is 0. The highest BCUT2D eigenvalue weighted by molar-refractivity contribution is 5.47. The van der Waals surface area contributed by atoms with Crippen molar-refractivity contribution < 1.29 is 0 Å². The molecule has 0 saturated carbocycles. The highest BCUT2D eigenvalue weighted by Gasteiger charge is 2.21. The fourth-order valence-corrected chi connectivity index (χ4v) is 2.64. The number of nitrogen functional groups attached to an aromatic ring is 1. The smallest absolute Gasteiger partial charge is 0.0534 e. The van der Waals surface area contributed by atoms with Gasteiger partial charge >= 0.3 is 0 Å². The maximum absolute atomic E-state index is 5.81. The summed E-state index contributed by atoms with van der Waals surface area (Å²) < 4.78 is 1.95. The van der Waals surface area contributed by atoms with Gasteiger partial charge in [0.1, 0.15) is 0 Å². The minimum Gasteiger partial charge on any atom is -0.399 e. The maximum Gasteiger partial charge on any atom is 0.0534 e. The first kappa shape index (κ1) is 11.3. The number of anilines is 1. The van der Waals surface area contributed by atoms with Crippen molar-refractivity contribution >= 4 is 5.69 Å². The van der Waals surface area contributed by atoms with Crippen LogP contribution in [0.3, 0.4) is 0 Å². The van der Waals surface area contributed by atoms with Gasteiger partial charge in [-0.15, -0.1) is 0 Å². The highest BCUT2D eigenvalue weighted by atomic mass is 15.3. The van der Waals surface area contributed by atoms with Crippen LogP contribution >= 0.6 is 0 Å². The van der Waals surface area contributed by atoms with Crippen LogP contribution in [0.5, 0.6) is 0 Å². The average molecular weight is 242 g/mol. The summed E-state index contributed by atoms with van der Waals surface area (Å²) in [5.41, 5.74) is 9.48. The highest BCUT2D eigenvalue weighted by Crippen LogP contribution is 2.32. The van der Waals surface area contributed by atoms with Gasteiger partial charge in [0.2, 0.25) is 0 Å². The number of aryl methyl sites for hydroxylation is 1. The number of nitrogens with zero attached hydrogens (tertiary/aromatic N) is 2. The van der Waals surface area contributed by atoms with Crippen molar-refractivity contribution in [1.29, 1.82) is 0 Å². The molecule has 1 aromatic heterocycles. The number of nitrogens with one attached hydrogen (secondary N) is 1. The summed E-state index contributed by atoms with van der Waals surface area (Å²) in [6, 6.07) is 8.67. The third-order valence-corrected chi connectivity index (χ3v) is 3.54. The molecule has 0 aliphatic heterocycles. The van der Waals surface area contributed by atoms with Gasteiger partial charge in [-0.2, -0.15) is 5.10 Å². The fraction of sp³-hybridized carbons (Fsp3) is 0.357. The lowest BCUT2D eigenvalue weighted by molar-refractivity contribution is 0.484. The van der Waals surface area contributed by atoms with E-state index in [1.165, 1.54) is 11.1 Å². The van der Waals surface area contributed by atoms with E-state index in [2.05, 4.69) is 22.5 Å². The van der Waals surface area contributed by atoms with E-state index in [4.69, 9.17) is 5.73 Å². The zero-order valence-corrected chi connectivity index (χ0v) is 10.3. The Morgan fingerprint density at radius 3 is 3.22 bits per heavy atom. The molecule has 1 aromatic carbocycles. The molecule has 0 radical (unpaired) electrons. The molecule has 1 unspecified atom stereocenters. The van der Waals surface area contributed by atoms with E-state index in [9.17, 15) is 0 Å². The summed E-state index contributed by atoms with van der Waals surface area (Å²) in [6.45, 7) is 1.85. The first-order valence-electron chi connectivity index (χ1n) is 6.42. The summed E-state index contributed by atoms with van der Waals surface area (Å²) in [4.78, 5) is 0. The van der Waals surface area contributed by atoms with Crippen molar-refractivity contribution in [3.63, 3.8) is 0 Å². The second-order valence-corrected chi connectivity index (χ2v) is 4.77. The third-order valence-electron chi connectivity index (χ3n) is 3.54. The summed E-state index contributed by atoms with van der Waals surface area (Å²) in [5, 5.41) is 7.79. The van der Waals surface area contributed by atoms with E-state index in [0.717, 1.165) is 31.6 Å². The van der Waals surface area contributed by atoms with Gasteiger partial charge in [0, 0.05) is 30.7 Å². The van der Waals surface area contributed by atoms with Gasteiger partial charge < -0.3 is 11.1 Å². The number of aromatic nitrogens is 2. The van der Waals surface area contributed by atoms with Crippen molar-refractivity contribution in [2.24, 2.45) is 0 Å². The van der Waals surface area contributed by atoms with Gasteiger partial charge in [-0.3, -0.25) is 4.68 Å². The topological polar surface area (TPSA) is 55.9 Å². The molecular formula is C14H18N4. The van der Waals surface area contributed by atoms with Crippen molar-refractivity contribution in [2.75, 3.05) is 12.3 Å². The van der Waals surface area contributed by atoms with Crippen LogP contribution in [0.1, 0.15) is 23.6 Å². The van der Waals surface area contributed by atoms with E-state index in [-0.39, 0.29) is 0 Å². The zero-order chi connectivity index (χ0) is 12.4. The largest absolute Gasteiger partial charge is 0.399 e. The first-order chi connectivity index (χ1) is 8.83. The molecule has 0 saturated heterocycles. The molecule has 3 N–H and O–H groups in total. The molecule has 1 aliphatic carbocycles. The minimum absolute atomic E-state index is 0.469. The molecule has 4 nitrogen and oxygen atoms in total. The van der Waals surface area contributed by atoms with Gasteiger partial charge in [0.05, 0.1) is 6.54 Å². The van der Waals surface area contributed by atoms with E-state index in [1.807, 2.05) is 29.2 Å². The molecule has 1 heterocycles. The molecule has 1 aliphatic rings. The summed E-state index contributed by atoms with van der Waals surface area (Å²) in [6.07, 6.45) is 6.09. The Morgan fingerprint density at radius 1 is 1.44 bits per heavy atom. The predicted molar refractivity (Wildman–Crippen MR) is 72.1 cm³/mol. The fourth-order valence-electron chi connectivity index (χ4n) is 2.64. The van der Waals surface area contributed by atoms with Crippen LogP contribution in [-0.4, -0.2) is 16.3 Å². The van der Waals surface area contributed by atoms with E-state index < -0.39 is 0 Å². The van der Waals surface area contributed by atoms with Crippen LogP contribution in [0.2, 0.25) is 0 Å². The third kappa shape index (κ3) is 2.24.